The first-order valence-electron chi connectivity index (χ1n) is 5.22. The second-order valence-corrected chi connectivity index (χ2v) is 4.31. The largest absolute Gasteiger partial charge is 0.392 e. The fourth-order valence-electron chi connectivity index (χ4n) is 2.09. The standard InChI is InChI=1S/C11H15N3S/c12-11(15)10(14-6-1-2-7-14)9-4-3-5-13-8-9/h3-5,8,10H,1-2,6-7H2,(H2,12,15). The highest BCUT2D eigenvalue weighted by molar-refractivity contribution is 7.80. The molecule has 2 rings (SSSR count). The number of likely N-dealkylation sites (tertiary alicyclic amines) is 1. The van der Waals surface area contributed by atoms with Crippen molar-refractivity contribution in [3.05, 3.63) is 30.1 Å². The zero-order valence-electron chi connectivity index (χ0n) is 8.60. The number of hydrogen-bond donors (Lipinski definition) is 1. The van der Waals surface area contributed by atoms with Crippen LogP contribution in [-0.4, -0.2) is 28.0 Å². The van der Waals surface area contributed by atoms with E-state index in [1.807, 2.05) is 18.3 Å². The molecule has 0 aromatic carbocycles. The van der Waals surface area contributed by atoms with Crippen LogP contribution in [0.15, 0.2) is 24.5 Å². The molecular formula is C11H15N3S. The van der Waals surface area contributed by atoms with Crippen LogP contribution in [-0.2, 0) is 0 Å². The van der Waals surface area contributed by atoms with E-state index in [4.69, 9.17) is 18.0 Å². The molecule has 0 aliphatic carbocycles. The normalized spacial score (nSPS) is 18.9. The van der Waals surface area contributed by atoms with Crippen LogP contribution in [0.4, 0.5) is 0 Å². The smallest absolute Gasteiger partial charge is 0.0948 e. The molecule has 0 amide bonds. The zero-order chi connectivity index (χ0) is 10.7. The Morgan fingerprint density at radius 3 is 2.73 bits per heavy atom. The van der Waals surface area contributed by atoms with Gasteiger partial charge in [0.15, 0.2) is 0 Å². The van der Waals surface area contributed by atoms with Gasteiger partial charge in [-0.15, -0.1) is 0 Å². The Labute approximate surface area is 95.3 Å². The Morgan fingerprint density at radius 2 is 2.20 bits per heavy atom. The van der Waals surface area contributed by atoms with Crippen LogP contribution >= 0.6 is 12.2 Å². The van der Waals surface area contributed by atoms with Crippen molar-refractivity contribution in [2.24, 2.45) is 5.73 Å². The van der Waals surface area contributed by atoms with Crippen LogP contribution < -0.4 is 5.73 Å². The lowest BCUT2D eigenvalue weighted by Crippen LogP contribution is -2.34. The maximum Gasteiger partial charge on any atom is 0.0948 e. The van der Waals surface area contributed by atoms with Crippen molar-refractivity contribution in [3.63, 3.8) is 0 Å². The van der Waals surface area contributed by atoms with E-state index >= 15 is 0 Å². The molecule has 0 bridgehead atoms. The van der Waals surface area contributed by atoms with Gasteiger partial charge in [0.2, 0.25) is 0 Å². The molecule has 1 atom stereocenters. The molecule has 1 aromatic rings. The Hall–Kier alpha value is -1.00. The van der Waals surface area contributed by atoms with Crippen molar-refractivity contribution >= 4 is 17.2 Å². The minimum atomic E-state index is 0.0659. The van der Waals surface area contributed by atoms with Gasteiger partial charge in [-0.3, -0.25) is 9.88 Å². The zero-order valence-corrected chi connectivity index (χ0v) is 9.41. The number of rotatable bonds is 3. The van der Waals surface area contributed by atoms with Crippen molar-refractivity contribution in [2.75, 3.05) is 13.1 Å². The lowest BCUT2D eigenvalue weighted by atomic mass is 10.1. The Morgan fingerprint density at radius 1 is 1.47 bits per heavy atom. The van der Waals surface area contributed by atoms with E-state index < -0.39 is 0 Å². The molecule has 0 radical (unpaired) electrons. The highest BCUT2D eigenvalue weighted by Crippen LogP contribution is 2.24. The average molecular weight is 221 g/mol. The summed E-state index contributed by atoms with van der Waals surface area (Å²) in [5.41, 5.74) is 6.91. The molecule has 0 spiro atoms. The SMILES string of the molecule is NC(=S)C(c1cccnc1)N1CCCC1. The van der Waals surface area contributed by atoms with E-state index in [0.717, 1.165) is 18.7 Å². The molecule has 15 heavy (non-hydrogen) atoms. The third kappa shape index (κ3) is 2.33. The molecule has 1 saturated heterocycles. The fraction of sp³-hybridized carbons (Fsp3) is 0.455. The van der Waals surface area contributed by atoms with Gasteiger partial charge >= 0.3 is 0 Å². The molecule has 1 aliphatic rings. The van der Waals surface area contributed by atoms with E-state index in [2.05, 4.69) is 9.88 Å². The van der Waals surface area contributed by atoms with Crippen LogP contribution in [0.1, 0.15) is 24.4 Å². The Balaban J connectivity index is 2.23. The number of hydrogen-bond acceptors (Lipinski definition) is 3. The van der Waals surface area contributed by atoms with E-state index in [1.54, 1.807) is 6.20 Å². The lowest BCUT2D eigenvalue weighted by molar-refractivity contribution is 0.304. The van der Waals surface area contributed by atoms with Gasteiger partial charge in [-0.05, 0) is 37.6 Å². The lowest BCUT2D eigenvalue weighted by Gasteiger charge is -2.26. The third-order valence-corrected chi connectivity index (χ3v) is 3.00. The van der Waals surface area contributed by atoms with Crippen molar-refractivity contribution in [1.29, 1.82) is 0 Å². The van der Waals surface area contributed by atoms with Crippen LogP contribution in [0.5, 0.6) is 0 Å². The predicted octanol–water partition coefficient (Wildman–Crippen LogP) is 1.50. The van der Waals surface area contributed by atoms with Gasteiger partial charge in [-0.1, -0.05) is 18.3 Å². The minimum Gasteiger partial charge on any atom is -0.392 e. The number of aromatic nitrogens is 1. The summed E-state index contributed by atoms with van der Waals surface area (Å²) in [6, 6.07) is 4.03. The second kappa shape index (κ2) is 4.68. The summed E-state index contributed by atoms with van der Waals surface area (Å²) in [7, 11) is 0. The van der Waals surface area contributed by atoms with Gasteiger partial charge in [0, 0.05) is 12.4 Å². The summed E-state index contributed by atoms with van der Waals surface area (Å²) in [4.78, 5) is 7.00. The number of thiocarbonyl (C=S) groups is 1. The summed E-state index contributed by atoms with van der Waals surface area (Å²) in [5, 5.41) is 0. The van der Waals surface area contributed by atoms with Gasteiger partial charge < -0.3 is 5.73 Å². The van der Waals surface area contributed by atoms with E-state index in [0.29, 0.717) is 4.99 Å². The average Bonchev–Trinajstić information content (AvgIpc) is 2.72. The quantitative estimate of drug-likeness (QED) is 0.786. The van der Waals surface area contributed by atoms with Crippen LogP contribution in [0, 0.1) is 0 Å². The topological polar surface area (TPSA) is 42.1 Å². The van der Waals surface area contributed by atoms with Gasteiger partial charge in [0.1, 0.15) is 0 Å². The first-order valence-corrected chi connectivity index (χ1v) is 5.63. The van der Waals surface area contributed by atoms with Gasteiger partial charge in [-0.25, -0.2) is 0 Å². The summed E-state index contributed by atoms with van der Waals surface area (Å²) in [6.45, 7) is 2.16. The molecule has 1 aliphatic heterocycles. The minimum absolute atomic E-state index is 0.0659. The van der Waals surface area contributed by atoms with Crippen LogP contribution in [0.3, 0.4) is 0 Å². The predicted molar refractivity (Wildman–Crippen MR) is 64.6 cm³/mol. The molecule has 4 heteroatoms. The second-order valence-electron chi connectivity index (χ2n) is 3.83. The van der Waals surface area contributed by atoms with E-state index in [-0.39, 0.29) is 6.04 Å². The highest BCUT2D eigenvalue weighted by atomic mass is 32.1. The van der Waals surface area contributed by atoms with Crippen molar-refractivity contribution in [2.45, 2.75) is 18.9 Å². The molecule has 2 heterocycles. The number of pyridine rings is 1. The summed E-state index contributed by atoms with van der Waals surface area (Å²) in [5.74, 6) is 0. The number of nitrogens with zero attached hydrogens (tertiary/aromatic N) is 2. The summed E-state index contributed by atoms with van der Waals surface area (Å²) < 4.78 is 0. The van der Waals surface area contributed by atoms with Gasteiger partial charge in [0.05, 0.1) is 11.0 Å². The van der Waals surface area contributed by atoms with Crippen LogP contribution in [0.2, 0.25) is 0 Å². The number of nitrogens with two attached hydrogens (primary N) is 1. The molecule has 1 unspecified atom stereocenters. The molecule has 3 nitrogen and oxygen atoms in total. The molecule has 0 saturated carbocycles. The molecular weight excluding hydrogens is 206 g/mol. The molecule has 1 fully saturated rings. The Bertz CT molecular complexity index is 333. The molecule has 1 aromatic heterocycles. The van der Waals surface area contributed by atoms with E-state index in [9.17, 15) is 0 Å². The maximum absolute atomic E-state index is 5.81. The van der Waals surface area contributed by atoms with Crippen molar-refractivity contribution in [1.82, 2.24) is 9.88 Å². The monoisotopic (exact) mass is 221 g/mol. The van der Waals surface area contributed by atoms with Gasteiger partial charge in [-0.2, -0.15) is 0 Å². The summed E-state index contributed by atoms with van der Waals surface area (Å²) in [6.07, 6.45) is 6.09. The third-order valence-electron chi connectivity index (χ3n) is 2.78. The van der Waals surface area contributed by atoms with Crippen molar-refractivity contribution in [3.8, 4) is 0 Å². The first-order chi connectivity index (χ1) is 7.29. The first kappa shape index (κ1) is 10.5. The Kier molecular flexibility index (Phi) is 3.28. The van der Waals surface area contributed by atoms with Crippen molar-refractivity contribution < 1.29 is 0 Å². The summed E-state index contributed by atoms with van der Waals surface area (Å²) >= 11 is 5.14. The molecule has 80 valence electrons. The van der Waals surface area contributed by atoms with Crippen LogP contribution in [0.25, 0.3) is 0 Å². The maximum atomic E-state index is 5.81. The van der Waals surface area contributed by atoms with Gasteiger partial charge in [0.25, 0.3) is 0 Å². The molecule has 2 N–H and O–H groups in total. The highest BCUT2D eigenvalue weighted by Gasteiger charge is 2.25. The van der Waals surface area contributed by atoms with E-state index in [1.165, 1.54) is 12.8 Å². The fourth-order valence-corrected chi connectivity index (χ4v) is 2.38.